The number of nitrogens with one attached hydrogen (secondary N) is 1. The Labute approximate surface area is 249 Å². The van der Waals surface area contributed by atoms with Crippen LogP contribution >= 0.6 is 22.7 Å². The fourth-order valence-electron chi connectivity index (χ4n) is 3.56. The van der Waals surface area contributed by atoms with Crippen LogP contribution < -0.4 is 40.0 Å². The second-order valence-electron chi connectivity index (χ2n) is 7.75. The van der Waals surface area contributed by atoms with E-state index in [-0.39, 0.29) is 42.6 Å². The first-order valence-electron chi connectivity index (χ1n) is 11.1. The molecule has 38 heavy (non-hydrogen) atoms. The number of ether oxygens (including phenoxy) is 1. The molecular weight excluding hydrogens is 535 g/mol. The van der Waals surface area contributed by atoms with Crippen molar-refractivity contribution in [3.8, 4) is 20.9 Å². The quantitative estimate of drug-likeness (QED) is 0.286. The van der Waals surface area contributed by atoms with Crippen LogP contribution in [0, 0.1) is 0 Å². The molecule has 12 heteroatoms. The maximum Gasteiger partial charge on any atom is 1.00 e. The Hall–Kier alpha value is -3.06. The molecule has 190 valence electrons. The number of benzene rings is 1. The van der Waals surface area contributed by atoms with Crippen molar-refractivity contribution < 1.29 is 54.1 Å². The third kappa shape index (κ3) is 7.07. The number of aromatic nitrogens is 3. The number of rotatable bonds is 7. The fourth-order valence-corrected chi connectivity index (χ4v) is 5.95. The summed E-state index contributed by atoms with van der Waals surface area (Å²) in [6.07, 6.45) is 2.65. The first-order chi connectivity index (χ1) is 18.0. The van der Waals surface area contributed by atoms with Crippen LogP contribution in [-0.4, -0.2) is 39.0 Å². The second kappa shape index (κ2) is 13.7. The molecule has 5 aromatic rings. The Balaban J connectivity index is 0.00000130. The second-order valence-corrected chi connectivity index (χ2v) is 9.92. The molecular formula is C26H23N4NaO5S2. The number of pyridine rings is 1. The molecule has 1 amide bonds. The van der Waals surface area contributed by atoms with Gasteiger partial charge in [0.2, 0.25) is 0 Å². The van der Waals surface area contributed by atoms with E-state index in [4.69, 9.17) is 9.84 Å². The maximum absolute atomic E-state index is 12.4. The number of carboxylic acids is 1. The van der Waals surface area contributed by atoms with Crippen molar-refractivity contribution in [2.45, 2.75) is 13.0 Å². The number of anilines is 1. The van der Waals surface area contributed by atoms with Gasteiger partial charge in [-0.25, -0.2) is 4.79 Å². The van der Waals surface area contributed by atoms with Gasteiger partial charge < -0.3 is 19.7 Å². The van der Waals surface area contributed by atoms with Crippen LogP contribution in [0.4, 0.5) is 10.6 Å². The third-order valence-corrected chi connectivity index (χ3v) is 7.65. The fraction of sp³-hybridized carbons (Fsp3) is 0.154. The monoisotopic (exact) mass is 558 g/mol. The SMILES string of the molecule is CO.Cn1ncc(-c2cc3sc(-c4ccc(CC(=O)[O-])nc4)cc3s2)c1NC(=O)OCc1ccccc1.[Na+]. The molecule has 2 N–H and O–H groups in total. The summed E-state index contributed by atoms with van der Waals surface area (Å²) < 4.78 is 9.16. The van der Waals surface area contributed by atoms with Gasteiger partial charge in [-0.2, -0.15) is 5.10 Å². The van der Waals surface area contributed by atoms with E-state index < -0.39 is 12.1 Å². The predicted molar refractivity (Wildman–Crippen MR) is 142 cm³/mol. The average Bonchev–Trinajstić information content (AvgIpc) is 3.58. The Morgan fingerprint density at radius 1 is 1.03 bits per heavy atom. The van der Waals surface area contributed by atoms with Crippen molar-refractivity contribution in [2.75, 3.05) is 12.4 Å². The molecule has 0 unspecified atom stereocenters. The number of thiophene rings is 2. The molecule has 0 fully saturated rings. The number of amides is 1. The molecule has 0 atom stereocenters. The molecule has 0 saturated heterocycles. The van der Waals surface area contributed by atoms with Crippen LogP contribution in [0.25, 0.3) is 30.3 Å². The number of hydrogen-bond acceptors (Lipinski definition) is 9. The maximum atomic E-state index is 12.4. The van der Waals surface area contributed by atoms with Crippen LogP contribution in [0.5, 0.6) is 0 Å². The van der Waals surface area contributed by atoms with E-state index in [1.54, 1.807) is 52.9 Å². The number of fused-ring (bicyclic) bond motifs is 1. The van der Waals surface area contributed by atoms with Crippen molar-refractivity contribution >= 4 is 50.0 Å². The smallest absolute Gasteiger partial charge is 0.550 e. The molecule has 4 aromatic heterocycles. The Morgan fingerprint density at radius 3 is 2.37 bits per heavy atom. The van der Waals surface area contributed by atoms with Crippen molar-refractivity contribution in [1.29, 1.82) is 0 Å². The minimum atomic E-state index is -1.15. The molecule has 9 nitrogen and oxygen atoms in total. The molecule has 0 aliphatic carbocycles. The van der Waals surface area contributed by atoms with Crippen molar-refractivity contribution in [1.82, 2.24) is 14.8 Å². The van der Waals surface area contributed by atoms with Crippen LogP contribution in [0.3, 0.4) is 0 Å². The van der Waals surface area contributed by atoms with Gasteiger partial charge in [0.25, 0.3) is 0 Å². The van der Waals surface area contributed by atoms with Crippen molar-refractivity contribution in [2.24, 2.45) is 7.05 Å². The van der Waals surface area contributed by atoms with Gasteiger partial charge in [-0.15, -0.1) is 22.7 Å². The zero-order valence-electron chi connectivity index (χ0n) is 21.0. The van der Waals surface area contributed by atoms with E-state index in [1.165, 1.54) is 0 Å². The largest absolute Gasteiger partial charge is 1.00 e. The molecule has 4 heterocycles. The van der Waals surface area contributed by atoms with Crippen LogP contribution in [0.2, 0.25) is 0 Å². The summed E-state index contributed by atoms with van der Waals surface area (Å²) in [5.41, 5.74) is 3.11. The molecule has 0 saturated carbocycles. The van der Waals surface area contributed by atoms with Gasteiger partial charge in [0.1, 0.15) is 12.4 Å². The number of carbonyl (C=O) groups is 2. The molecule has 0 aliphatic heterocycles. The molecule has 0 bridgehead atoms. The van der Waals surface area contributed by atoms with Gasteiger partial charge in [0.15, 0.2) is 0 Å². The van der Waals surface area contributed by atoms with E-state index in [9.17, 15) is 14.7 Å². The normalized spacial score (nSPS) is 10.3. The third-order valence-electron chi connectivity index (χ3n) is 5.28. The van der Waals surface area contributed by atoms with E-state index >= 15 is 0 Å². The van der Waals surface area contributed by atoms with Gasteiger partial charge in [0.05, 0.1) is 11.8 Å². The molecule has 0 spiro atoms. The summed E-state index contributed by atoms with van der Waals surface area (Å²) in [6, 6.07) is 17.2. The van der Waals surface area contributed by atoms with E-state index in [0.717, 1.165) is 43.0 Å². The van der Waals surface area contributed by atoms with Gasteiger partial charge in [-0.05, 0) is 23.8 Å². The number of aliphatic hydroxyl groups excluding tert-OH is 1. The number of carboxylic acid groups (broad SMARTS) is 1. The zero-order valence-corrected chi connectivity index (χ0v) is 24.6. The standard InChI is InChI=1S/C25H20N4O4S2.CH4O.Na/c1-29-24(28-25(32)33-14-15-5-3-2-4-6-15)18(13-27-29)20-11-22-21(35-20)10-19(34-22)16-7-8-17(26-12-16)9-23(30)31;1-2;/h2-8,10-13H,9,14H2,1H3,(H,28,32)(H,30,31);2H,1H3;/q;;+1/p-1. The topological polar surface area (TPSA) is 129 Å². The Kier molecular flexibility index (Phi) is 10.6. The average molecular weight is 559 g/mol. The Morgan fingerprint density at radius 2 is 1.71 bits per heavy atom. The first-order valence-corrected chi connectivity index (χ1v) is 12.7. The zero-order chi connectivity index (χ0) is 26.4. The van der Waals surface area contributed by atoms with Gasteiger partial charge in [0, 0.05) is 63.2 Å². The summed E-state index contributed by atoms with van der Waals surface area (Å²) in [5.74, 6) is -0.590. The number of aliphatic hydroxyl groups is 1. The molecule has 5 rings (SSSR count). The summed E-state index contributed by atoms with van der Waals surface area (Å²) in [7, 11) is 2.77. The van der Waals surface area contributed by atoms with E-state index in [1.807, 2.05) is 36.4 Å². The summed E-state index contributed by atoms with van der Waals surface area (Å²) in [5, 5.41) is 24.9. The van der Waals surface area contributed by atoms with Crippen molar-refractivity contribution in [3.05, 3.63) is 78.2 Å². The minimum absolute atomic E-state index is 0. The summed E-state index contributed by atoms with van der Waals surface area (Å²) in [4.78, 5) is 29.4. The molecule has 1 aromatic carbocycles. The number of aliphatic carboxylic acids is 1. The van der Waals surface area contributed by atoms with E-state index in [0.29, 0.717) is 11.5 Å². The number of nitrogens with zero attached hydrogens (tertiary/aromatic N) is 3. The first kappa shape index (κ1) is 29.5. The van der Waals surface area contributed by atoms with Crippen molar-refractivity contribution in [3.63, 3.8) is 0 Å². The van der Waals surface area contributed by atoms with Gasteiger partial charge >= 0.3 is 35.7 Å². The predicted octanol–water partition coefficient (Wildman–Crippen LogP) is 1.08. The number of hydrogen-bond donors (Lipinski definition) is 2. The van der Waals surface area contributed by atoms with Crippen LogP contribution in [0.15, 0.2) is 67.0 Å². The van der Waals surface area contributed by atoms with Gasteiger partial charge in [-0.3, -0.25) is 15.0 Å². The molecule has 0 radical (unpaired) electrons. The Bertz CT molecular complexity index is 1480. The van der Waals surface area contributed by atoms with Crippen LogP contribution in [-0.2, 0) is 29.6 Å². The van der Waals surface area contributed by atoms with Crippen LogP contribution in [0.1, 0.15) is 11.3 Å². The van der Waals surface area contributed by atoms with E-state index in [2.05, 4.69) is 27.5 Å². The minimum Gasteiger partial charge on any atom is -0.550 e. The summed E-state index contributed by atoms with van der Waals surface area (Å²) >= 11 is 3.22. The number of carbonyl (C=O) groups excluding carboxylic acids is 2. The molecule has 0 aliphatic rings. The summed E-state index contributed by atoms with van der Waals surface area (Å²) in [6.45, 7) is 0.181. The van der Waals surface area contributed by atoms with Gasteiger partial charge in [-0.1, -0.05) is 36.4 Å². The number of aryl methyl sites for hydroxylation is 1.